The molecule has 1 N–H and O–H groups in total. The molecule has 21 heavy (non-hydrogen) atoms. The van der Waals surface area contributed by atoms with Crippen molar-refractivity contribution in [1.29, 1.82) is 0 Å². The standard InChI is InChI=1S/C17H23N3O/c1-3-17(9-4-10-18-17)16-19-14-11-13(21-2)7-8-15(14)20(16)12-5-6-12/h7-8,11-12,18H,3-6,9-10H2,1-2H3. The molecule has 0 bridgehead atoms. The largest absolute Gasteiger partial charge is 0.497 e. The molecule has 1 saturated heterocycles. The van der Waals surface area contributed by atoms with Gasteiger partial charge in [0.1, 0.15) is 11.6 Å². The Hall–Kier alpha value is -1.55. The minimum Gasteiger partial charge on any atom is -0.497 e. The van der Waals surface area contributed by atoms with Crippen molar-refractivity contribution in [2.24, 2.45) is 0 Å². The number of aromatic nitrogens is 2. The van der Waals surface area contributed by atoms with Gasteiger partial charge in [-0.25, -0.2) is 4.98 Å². The van der Waals surface area contributed by atoms with E-state index in [0.29, 0.717) is 6.04 Å². The van der Waals surface area contributed by atoms with Crippen LogP contribution in [0.4, 0.5) is 0 Å². The zero-order valence-electron chi connectivity index (χ0n) is 12.9. The Balaban J connectivity index is 1.92. The molecule has 1 saturated carbocycles. The molecule has 1 aromatic heterocycles. The van der Waals surface area contributed by atoms with E-state index >= 15 is 0 Å². The first-order chi connectivity index (χ1) is 10.3. The van der Waals surface area contributed by atoms with Gasteiger partial charge in [-0.3, -0.25) is 0 Å². The van der Waals surface area contributed by atoms with Gasteiger partial charge in [0.15, 0.2) is 0 Å². The van der Waals surface area contributed by atoms with Crippen molar-refractivity contribution >= 4 is 11.0 Å². The zero-order chi connectivity index (χ0) is 14.4. The summed E-state index contributed by atoms with van der Waals surface area (Å²) < 4.78 is 7.86. The third-order valence-electron chi connectivity index (χ3n) is 5.08. The Morgan fingerprint density at radius 2 is 2.29 bits per heavy atom. The van der Waals surface area contributed by atoms with Crippen LogP contribution in [0.5, 0.6) is 5.75 Å². The molecule has 1 atom stereocenters. The van der Waals surface area contributed by atoms with Gasteiger partial charge in [-0.1, -0.05) is 6.92 Å². The minimum atomic E-state index is 0.0643. The summed E-state index contributed by atoms with van der Waals surface area (Å²) in [5.74, 6) is 2.13. The fraction of sp³-hybridized carbons (Fsp3) is 0.588. The van der Waals surface area contributed by atoms with E-state index in [4.69, 9.17) is 9.72 Å². The van der Waals surface area contributed by atoms with Gasteiger partial charge in [0, 0.05) is 12.1 Å². The first-order valence-electron chi connectivity index (χ1n) is 8.09. The van der Waals surface area contributed by atoms with Crippen LogP contribution in [0.1, 0.15) is 50.9 Å². The maximum Gasteiger partial charge on any atom is 0.130 e. The van der Waals surface area contributed by atoms with Crippen molar-refractivity contribution < 1.29 is 4.74 Å². The summed E-state index contributed by atoms with van der Waals surface area (Å²) in [5, 5.41) is 3.73. The molecule has 1 aromatic carbocycles. The summed E-state index contributed by atoms with van der Waals surface area (Å²) in [7, 11) is 1.71. The Labute approximate surface area is 125 Å². The smallest absolute Gasteiger partial charge is 0.130 e. The SMILES string of the molecule is CCC1(c2nc3cc(OC)ccc3n2C2CC2)CCCN1. The highest BCUT2D eigenvalue weighted by Gasteiger charge is 2.41. The summed E-state index contributed by atoms with van der Waals surface area (Å²) in [6.45, 7) is 3.38. The van der Waals surface area contributed by atoms with E-state index in [0.717, 1.165) is 24.2 Å². The van der Waals surface area contributed by atoms with Crippen LogP contribution in [0.3, 0.4) is 0 Å². The molecular weight excluding hydrogens is 262 g/mol. The van der Waals surface area contributed by atoms with E-state index in [2.05, 4.69) is 28.9 Å². The molecule has 0 spiro atoms. The van der Waals surface area contributed by atoms with E-state index in [9.17, 15) is 0 Å². The lowest BCUT2D eigenvalue weighted by Gasteiger charge is -2.28. The highest BCUT2D eigenvalue weighted by atomic mass is 16.5. The zero-order valence-corrected chi connectivity index (χ0v) is 12.9. The third kappa shape index (κ3) is 1.96. The van der Waals surface area contributed by atoms with Gasteiger partial charge in [0.25, 0.3) is 0 Å². The molecule has 2 aliphatic rings. The molecule has 1 unspecified atom stereocenters. The van der Waals surface area contributed by atoms with Crippen LogP contribution in [0, 0.1) is 0 Å². The maximum atomic E-state index is 5.36. The molecule has 4 rings (SSSR count). The lowest BCUT2D eigenvalue weighted by molar-refractivity contribution is 0.339. The van der Waals surface area contributed by atoms with Crippen molar-refractivity contribution in [2.45, 2.75) is 50.6 Å². The van der Waals surface area contributed by atoms with Crippen LogP contribution < -0.4 is 10.1 Å². The number of benzene rings is 1. The summed E-state index contributed by atoms with van der Waals surface area (Å²) >= 11 is 0. The van der Waals surface area contributed by atoms with Crippen molar-refractivity contribution in [3.63, 3.8) is 0 Å². The van der Waals surface area contributed by atoms with Crippen LogP contribution in [0.15, 0.2) is 18.2 Å². The van der Waals surface area contributed by atoms with Crippen molar-refractivity contribution in [1.82, 2.24) is 14.9 Å². The molecule has 4 nitrogen and oxygen atoms in total. The number of imidazole rings is 1. The molecule has 1 aliphatic carbocycles. The van der Waals surface area contributed by atoms with E-state index < -0.39 is 0 Å². The summed E-state index contributed by atoms with van der Waals surface area (Å²) in [4.78, 5) is 5.03. The number of nitrogens with zero attached hydrogens (tertiary/aromatic N) is 2. The molecule has 2 heterocycles. The molecule has 4 heteroatoms. The van der Waals surface area contributed by atoms with Gasteiger partial charge < -0.3 is 14.6 Å². The molecule has 2 aromatic rings. The highest BCUT2D eigenvalue weighted by Crippen LogP contribution is 2.44. The fourth-order valence-corrected chi connectivity index (χ4v) is 3.70. The first-order valence-corrected chi connectivity index (χ1v) is 8.09. The number of ether oxygens (including phenoxy) is 1. The van der Waals surface area contributed by atoms with E-state index in [1.165, 1.54) is 37.0 Å². The van der Waals surface area contributed by atoms with Gasteiger partial charge in [-0.15, -0.1) is 0 Å². The Kier molecular flexibility index (Phi) is 2.96. The molecule has 2 fully saturated rings. The Bertz CT molecular complexity index is 666. The van der Waals surface area contributed by atoms with E-state index in [1.54, 1.807) is 7.11 Å². The van der Waals surface area contributed by atoms with Crippen LogP contribution in [0.25, 0.3) is 11.0 Å². The van der Waals surface area contributed by atoms with E-state index in [-0.39, 0.29) is 5.54 Å². The second-order valence-corrected chi connectivity index (χ2v) is 6.36. The number of fused-ring (bicyclic) bond motifs is 1. The second kappa shape index (κ2) is 4.73. The quantitative estimate of drug-likeness (QED) is 0.936. The molecule has 0 radical (unpaired) electrons. The number of methoxy groups -OCH3 is 1. The van der Waals surface area contributed by atoms with E-state index in [1.807, 2.05) is 6.07 Å². The highest BCUT2D eigenvalue weighted by molar-refractivity contribution is 5.78. The van der Waals surface area contributed by atoms with Crippen molar-refractivity contribution in [2.75, 3.05) is 13.7 Å². The van der Waals surface area contributed by atoms with Gasteiger partial charge >= 0.3 is 0 Å². The third-order valence-corrected chi connectivity index (χ3v) is 5.08. The molecule has 0 amide bonds. The minimum absolute atomic E-state index is 0.0643. The Morgan fingerprint density at radius 1 is 1.43 bits per heavy atom. The van der Waals surface area contributed by atoms with Crippen molar-refractivity contribution in [3.8, 4) is 5.75 Å². The monoisotopic (exact) mass is 285 g/mol. The Morgan fingerprint density at radius 3 is 2.90 bits per heavy atom. The van der Waals surface area contributed by atoms with Crippen LogP contribution >= 0.6 is 0 Å². The summed E-state index contributed by atoms with van der Waals surface area (Å²) in [5.41, 5.74) is 2.39. The molecule has 112 valence electrons. The van der Waals surface area contributed by atoms with Gasteiger partial charge in [-0.2, -0.15) is 0 Å². The predicted octanol–water partition coefficient (Wildman–Crippen LogP) is 3.37. The van der Waals surface area contributed by atoms with Crippen LogP contribution in [-0.2, 0) is 5.54 Å². The summed E-state index contributed by atoms with van der Waals surface area (Å²) in [6, 6.07) is 6.93. The van der Waals surface area contributed by atoms with Crippen LogP contribution in [-0.4, -0.2) is 23.2 Å². The normalized spacial score (nSPS) is 25.6. The first kappa shape index (κ1) is 13.1. The van der Waals surface area contributed by atoms with Gasteiger partial charge in [0.05, 0.1) is 23.7 Å². The molecule has 1 aliphatic heterocycles. The van der Waals surface area contributed by atoms with Gasteiger partial charge in [0.2, 0.25) is 0 Å². The number of hydrogen-bond acceptors (Lipinski definition) is 3. The average molecular weight is 285 g/mol. The maximum absolute atomic E-state index is 5.36. The second-order valence-electron chi connectivity index (χ2n) is 6.36. The van der Waals surface area contributed by atoms with Crippen molar-refractivity contribution in [3.05, 3.63) is 24.0 Å². The van der Waals surface area contributed by atoms with Gasteiger partial charge in [-0.05, 0) is 50.8 Å². The predicted molar refractivity (Wildman–Crippen MR) is 83.8 cm³/mol. The number of nitrogens with one attached hydrogen (secondary N) is 1. The topological polar surface area (TPSA) is 39.1 Å². The fourth-order valence-electron chi connectivity index (χ4n) is 3.70. The lowest BCUT2D eigenvalue weighted by Crippen LogP contribution is -2.38. The average Bonchev–Trinajstić information content (AvgIpc) is 3.12. The van der Waals surface area contributed by atoms with Crippen LogP contribution in [0.2, 0.25) is 0 Å². The molecular formula is C17H23N3O. The number of rotatable bonds is 4. The number of hydrogen-bond donors (Lipinski definition) is 1. The summed E-state index contributed by atoms with van der Waals surface area (Å²) in [6.07, 6.45) is 6.09. The lowest BCUT2D eigenvalue weighted by atomic mass is 9.93.